The Morgan fingerprint density at radius 1 is 0.396 bits per heavy atom. The topological polar surface area (TPSA) is 52.7 Å². The largest absolute Gasteiger partial charge is 0.333 e. The minimum Gasteiger partial charge on any atom is -0.295 e. The van der Waals surface area contributed by atoms with Crippen LogP contribution in [0, 0.1) is 0 Å². The summed E-state index contributed by atoms with van der Waals surface area (Å²) < 4.78 is 3.48. The summed E-state index contributed by atoms with van der Waals surface area (Å²) in [7, 11) is 1.82. The number of imidazole rings is 1. The predicted molar refractivity (Wildman–Crippen MR) is 217 cm³/mol. The molecule has 53 heavy (non-hydrogen) atoms. The lowest BCUT2D eigenvalue weighted by Crippen LogP contribution is -2.20. The molecule has 0 atom stereocenters. The van der Waals surface area contributed by atoms with Crippen LogP contribution in [0.5, 0.6) is 0 Å². The molecule has 0 amide bonds. The van der Waals surface area contributed by atoms with Crippen LogP contribution in [0.25, 0.3) is 84.0 Å². The van der Waals surface area contributed by atoms with Gasteiger partial charge in [0, 0.05) is 23.7 Å². The fraction of sp³-hybridized carbons (Fsp3) is 0.0208. The minimum atomic E-state index is -0.0780. The third-order valence-electron chi connectivity index (χ3n) is 9.83. The molecular formula is C48H34N4O. The molecule has 0 radical (unpaired) electrons. The Balaban J connectivity index is 1.18. The van der Waals surface area contributed by atoms with Crippen molar-refractivity contribution in [2.45, 2.75) is 0 Å². The SMILES string of the molecule is Cn1c(=O)n(-c2ccccc2)c2cc(-c3cccc(-c4cc(-c5ccc(-c6ccccc6)cc5)nc(-c5ccccc5-c5ccccc5)n4)c3)ccc21. The zero-order chi connectivity index (χ0) is 35.7. The Morgan fingerprint density at radius 3 is 1.62 bits per heavy atom. The third kappa shape index (κ3) is 6.04. The smallest absolute Gasteiger partial charge is 0.295 e. The number of aromatic nitrogens is 4. The van der Waals surface area contributed by atoms with Crippen LogP contribution < -0.4 is 5.69 Å². The maximum Gasteiger partial charge on any atom is 0.333 e. The van der Waals surface area contributed by atoms with Gasteiger partial charge in [-0.3, -0.25) is 9.13 Å². The van der Waals surface area contributed by atoms with Crippen molar-refractivity contribution in [2.75, 3.05) is 0 Å². The number of hydrogen-bond donors (Lipinski definition) is 0. The summed E-state index contributed by atoms with van der Waals surface area (Å²) in [6, 6.07) is 64.2. The number of aryl methyl sites for hydroxylation is 1. The Bertz CT molecular complexity index is 2790. The first-order valence-electron chi connectivity index (χ1n) is 17.7. The zero-order valence-corrected chi connectivity index (χ0v) is 29.1. The molecule has 7 aromatic carbocycles. The molecule has 9 aromatic rings. The highest BCUT2D eigenvalue weighted by atomic mass is 16.1. The van der Waals surface area contributed by atoms with E-state index in [1.807, 2.05) is 61.6 Å². The summed E-state index contributed by atoms with van der Waals surface area (Å²) in [4.78, 5) is 23.8. The van der Waals surface area contributed by atoms with E-state index in [-0.39, 0.29) is 5.69 Å². The first kappa shape index (κ1) is 31.8. The lowest BCUT2D eigenvalue weighted by molar-refractivity contribution is 0.846. The summed E-state index contributed by atoms with van der Waals surface area (Å²) >= 11 is 0. The molecule has 0 aliphatic heterocycles. The van der Waals surface area contributed by atoms with Gasteiger partial charge in [0.25, 0.3) is 0 Å². The average Bonchev–Trinajstić information content (AvgIpc) is 3.49. The van der Waals surface area contributed by atoms with Crippen LogP contribution in [-0.2, 0) is 7.05 Å². The van der Waals surface area contributed by atoms with Gasteiger partial charge < -0.3 is 0 Å². The van der Waals surface area contributed by atoms with Gasteiger partial charge in [-0.25, -0.2) is 14.8 Å². The lowest BCUT2D eigenvalue weighted by Gasteiger charge is -2.13. The van der Waals surface area contributed by atoms with Crippen LogP contribution >= 0.6 is 0 Å². The first-order valence-corrected chi connectivity index (χ1v) is 17.7. The van der Waals surface area contributed by atoms with E-state index in [0.29, 0.717) is 5.82 Å². The van der Waals surface area contributed by atoms with Crippen LogP contribution in [0.2, 0.25) is 0 Å². The number of nitrogens with zero attached hydrogens (tertiary/aromatic N) is 4. The van der Waals surface area contributed by atoms with Crippen molar-refractivity contribution in [3.63, 3.8) is 0 Å². The fourth-order valence-corrected chi connectivity index (χ4v) is 7.08. The average molecular weight is 683 g/mol. The van der Waals surface area contributed by atoms with Crippen molar-refractivity contribution < 1.29 is 0 Å². The summed E-state index contributed by atoms with van der Waals surface area (Å²) in [5.41, 5.74) is 13.6. The van der Waals surface area contributed by atoms with Crippen LogP contribution in [-0.4, -0.2) is 19.1 Å². The molecule has 0 saturated carbocycles. The molecule has 5 heteroatoms. The van der Waals surface area contributed by atoms with Crippen molar-refractivity contribution in [1.82, 2.24) is 19.1 Å². The maximum absolute atomic E-state index is 13.4. The van der Waals surface area contributed by atoms with Crippen LogP contribution in [0.4, 0.5) is 0 Å². The van der Waals surface area contributed by atoms with E-state index in [9.17, 15) is 4.79 Å². The molecule has 0 N–H and O–H groups in total. The second-order valence-corrected chi connectivity index (χ2v) is 13.1. The highest BCUT2D eigenvalue weighted by Gasteiger charge is 2.17. The summed E-state index contributed by atoms with van der Waals surface area (Å²) in [6.45, 7) is 0. The van der Waals surface area contributed by atoms with E-state index in [1.54, 1.807) is 9.13 Å². The predicted octanol–water partition coefficient (Wildman–Crippen LogP) is 11.1. The molecular weight excluding hydrogens is 649 g/mol. The van der Waals surface area contributed by atoms with Crippen LogP contribution in [0.15, 0.2) is 193 Å². The van der Waals surface area contributed by atoms with E-state index in [2.05, 4.69) is 133 Å². The van der Waals surface area contributed by atoms with Gasteiger partial charge in [0.05, 0.1) is 28.1 Å². The second kappa shape index (κ2) is 13.5. The van der Waals surface area contributed by atoms with Gasteiger partial charge in [-0.2, -0.15) is 0 Å². The van der Waals surface area contributed by atoms with Gasteiger partial charge in [-0.05, 0) is 69.8 Å². The van der Waals surface area contributed by atoms with Crippen molar-refractivity contribution in [1.29, 1.82) is 0 Å². The molecule has 0 fully saturated rings. The van der Waals surface area contributed by atoms with Crippen LogP contribution in [0.3, 0.4) is 0 Å². The number of para-hydroxylation sites is 1. The second-order valence-electron chi connectivity index (χ2n) is 13.1. The monoisotopic (exact) mass is 682 g/mol. The van der Waals surface area contributed by atoms with E-state index in [0.717, 1.165) is 72.6 Å². The quantitative estimate of drug-likeness (QED) is 0.168. The first-order chi connectivity index (χ1) is 26.1. The van der Waals surface area contributed by atoms with Gasteiger partial charge in [0.1, 0.15) is 0 Å². The highest BCUT2D eigenvalue weighted by Crippen LogP contribution is 2.35. The summed E-state index contributed by atoms with van der Waals surface area (Å²) in [6.07, 6.45) is 0. The molecule has 0 bridgehead atoms. The van der Waals surface area contributed by atoms with Crippen molar-refractivity contribution in [2.24, 2.45) is 7.05 Å². The molecule has 0 unspecified atom stereocenters. The molecule has 9 rings (SSSR count). The Kier molecular flexibility index (Phi) is 8.14. The van der Waals surface area contributed by atoms with Gasteiger partial charge in [-0.15, -0.1) is 0 Å². The molecule has 2 aromatic heterocycles. The molecule has 0 aliphatic rings. The highest BCUT2D eigenvalue weighted by molar-refractivity contribution is 5.86. The van der Waals surface area contributed by atoms with Gasteiger partial charge in [0.15, 0.2) is 5.82 Å². The van der Waals surface area contributed by atoms with E-state index in [4.69, 9.17) is 9.97 Å². The number of fused-ring (bicyclic) bond motifs is 1. The molecule has 0 saturated heterocycles. The summed E-state index contributed by atoms with van der Waals surface area (Å²) in [5.74, 6) is 0.659. The zero-order valence-electron chi connectivity index (χ0n) is 29.1. The van der Waals surface area contributed by atoms with E-state index in [1.165, 1.54) is 5.56 Å². The van der Waals surface area contributed by atoms with Crippen molar-refractivity contribution in [3.8, 4) is 73.0 Å². The number of hydrogen-bond acceptors (Lipinski definition) is 3. The van der Waals surface area contributed by atoms with Crippen molar-refractivity contribution in [3.05, 3.63) is 199 Å². The molecule has 2 heterocycles. The number of benzene rings is 7. The fourth-order valence-electron chi connectivity index (χ4n) is 7.08. The normalized spacial score (nSPS) is 11.2. The van der Waals surface area contributed by atoms with Gasteiger partial charge in [-0.1, -0.05) is 152 Å². The Labute approximate surface area is 307 Å². The maximum atomic E-state index is 13.4. The Hall–Kier alpha value is -7.11. The Morgan fingerprint density at radius 2 is 0.906 bits per heavy atom. The third-order valence-corrected chi connectivity index (χ3v) is 9.83. The molecule has 252 valence electrons. The van der Waals surface area contributed by atoms with E-state index >= 15 is 0 Å². The van der Waals surface area contributed by atoms with Gasteiger partial charge in [0.2, 0.25) is 0 Å². The molecule has 0 aliphatic carbocycles. The van der Waals surface area contributed by atoms with E-state index < -0.39 is 0 Å². The van der Waals surface area contributed by atoms with Crippen molar-refractivity contribution >= 4 is 11.0 Å². The van der Waals surface area contributed by atoms with Crippen LogP contribution in [0.1, 0.15) is 0 Å². The molecule has 0 spiro atoms. The minimum absolute atomic E-state index is 0.0780. The number of rotatable bonds is 7. The molecule has 5 nitrogen and oxygen atoms in total. The lowest BCUT2D eigenvalue weighted by atomic mass is 9.97. The standard InChI is InChI=1S/C48H34N4O/c1-51-45-29-28-38(31-46(45)52(48(51)53)40-20-9-4-10-21-40)37-18-13-19-39(30-37)44-32-43(36-26-24-34(25-27-36)33-14-5-2-6-15-33)49-47(50-44)42-23-12-11-22-41(42)35-16-7-3-8-17-35/h2-32H,1H3. The summed E-state index contributed by atoms with van der Waals surface area (Å²) in [5, 5.41) is 0. The van der Waals surface area contributed by atoms with Gasteiger partial charge >= 0.3 is 5.69 Å².